The molecule has 4 N–H and O–H groups in total. The number of anilines is 2. The summed E-state index contributed by atoms with van der Waals surface area (Å²) in [6, 6.07) is 7.74. The first-order valence-corrected chi connectivity index (χ1v) is 6.35. The van der Waals surface area contributed by atoms with Crippen molar-refractivity contribution in [2.45, 2.75) is 4.90 Å². The zero-order chi connectivity index (χ0) is 13.8. The van der Waals surface area contributed by atoms with Crippen LogP contribution in [0.25, 0.3) is 0 Å². The van der Waals surface area contributed by atoms with Crippen LogP contribution in [-0.2, 0) is 10.0 Å². The van der Waals surface area contributed by atoms with Crippen LogP contribution in [0.3, 0.4) is 0 Å². The number of hydrogen-bond donors (Lipinski definition) is 2. The Balaban J connectivity index is 3.29. The number of rotatable bonds is 4. The van der Waals surface area contributed by atoms with Crippen molar-refractivity contribution >= 4 is 21.4 Å². The first-order chi connectivity index (χ1) is 8.38. The molecular formula is C10H11N5O2S. The highest BCUT2D eigenvalue weighted by Gasteiger charge is 2.13. The van der Waals surface area contributed by atoms with Crippen LogP contribution in [0.2, 0.25) is 0 Å². The summed E-state index contributed by atoms with van der Waals surface area (Å²) in [6.45, 7) is -0.109. The van der Waals surface area contributed by atoms with E-state index in [-0.39, 0.29) is 23.7 Å². The van der Waals surface area contributed by atoms with E-state index in [4.69, 9.17) is 21.4 Å². The lowest BCUT2D eigenvalue weighted by Crippen LogP contribution is -2.24. The van der Waals surface area contributed by atoms with Crippen LogP contribution in [-0.4, -0.2) is 21.5 Å². The fourth-order valence-corrected chi connectivity index (χ4v) is 1.95. The molecule has 0 aliphatic carbocycles. The third-order valence-electron chi connectivity index (χ3n) is 2.13. The summed E-state index contributed by atoms with van der Waals surface area (Å²) in [4.78, 5) is 1.24. The normalized spacial score (nSPS) is 10.4. The van der Waals surface area contributed by atoms with E-state index in [1.807, 2.05) is 12.1 Å². The van der Waals surface area contributed by atoms with E-state index in [1.54, 1.807) is 0 Å². The van der Waals surface area contributed by atoms with E-state index in [9.17, 15) is 8.42 Å². The number of nitrogens with two attached hydrogens (primary N) is 2. The zero-order valence-electron chi connectivity index (χ0n) is 9.37. The van der Waals surface area contributed by atoms with Crippen LogP contribution >= 0.6 is 0 Å². The van der Waals surface area contributed by atoms with Crippen LogP contribution in [0.4, 0.5) is 11.4 Å². The van der Waals surface area contributed by atoms with Gasteiger partial charge in [-0.3, -0.25) is 0 Å². The van der Waals surface area contributed by atoms with Gasteiger partial charge in [0, 0.05) is 11.4 Å². The molecule has 0 saturated carbocycles. The van der Waals surface area contributed by atoms with E-state index in [0.717, 1.165) is 0 Å². The lowest BCUT2D eigenvalue weighted by atomic mass is 10.2. The highest BCUT2D eigenvalue weighted by atomic mass is 32.2. The molecule has 0 aromatic heterocycles. The number of hydrogen-bond acceptors (Lipinski definition) is 6. The monoisotopic (exact) mass is 265 g/mol. The van der Waals surface area contributed by atoms with Crippen molar-refractivity contribution in [1.82, 2.24) is 0 Å². The lowest BCUT2D eigenvalue weighted by molar-refractivity contribution is 0.598. The van der Waals surface area contributed by atoms with E-state index < -0.39 is 10.0 Å². The molecule has 0 radical (unpaired) electrons. The average Bonchev–Trinajstić information content (AvgIpc) is 2.27. The summed E-state index contributed by atoms with van der Waals surface area (Å²) in [7, 11) is -3.88. The Morgan fingerprint density at radius 2 is 1.72 bits per heavy atom. The van der Waals surface area contributed by atoms with Gasteiger partial charge in [0.25, 0.3) is 0 Å². The maximum Gasteiger partial charge on any atom is 0.238 e. The topological polar surface area (TPSA) is 137 Å². The van der Waals surface area contributed by atoms with Crippen molar-refractivity contribution in [2.24, 2.45) is 5.14 Å². The van der Waals surface area contributed by atoms with Gasteiger partial charge in [0.1, 0.15) is 13.1 Å². The Kier molecular flexibility index (Phi) is 4.10. The second kappa shape index (κ2) is 5.36. The smallest absolute Gasteiger partial charge is 0.238 e. The number of nitriles is 2. The van der Waals surface area contributed by atoms with Crippen LogP contribution in [0.5, 0.6) is 0 Å². The molecule has 7 nitrogen and oxygen atoms in total. The second-order valence-corrected chi connectivity index (χ2v) is 5.04. The first kappa shape index (κ1) is 13.8. The third-order valence-corrected chi connectivity index (χ3v) is 3.02. The number of benzene rings is 1. The van der Waals surface area contributed by atoms with Crippen LogP contribution in [0, 0.1) is 22.7 Å². The van der Waals surface area contributed by atoms with Crippen LogP contribution in [0.1, 0.15) is 0 Å². The highest BCUT2D eigenvalue weighted by molar-refractivity contribution is 7.89. The molecule has 0 bridgehead atoms. The van der Waals surface area contributed by atoms with Gasteiger partial charge in [-0.2, -0.15) is 10.5 Å². The molecule has 0 aliphatic heterocycles. The van der Waals surface area contributed by atoms with Crippen molar-refractivity contribution in [2.75, 3.05) is 23.7 Å². The molecule has 1 rings (SSSR count). The number of nitrogens with zero attached hydrogens (tertiary/aromatic N) is 3. The second-order valence-electron chi connectivity index (χ2n) is 3.48. The molecule has 0 saturated heterocycles. The summed E-state index contributed by atoms with van der Waals surface area (Å²) in [6.07, 6.45) is 0. The molecular weight excluding hydrogens is 254 g/mol. The van der Waals surface area contributed by atoms with E-state index in [0.29, 0.717) is 5.69 Å². The van der Waals surface area contributed by atoms with Crippen molar-refractivity contribution in [3.63, 3.8) is 0 Å². The largest absolute Gasteiger partial charge is 0.399 e. The molecule has 0 heterocycles. The van der Waals surface area contributed by atoms with Gasteiger partial charge in [-0.15, -0.1) is 0 Å². The molecule has 8 heteroatoms. The van der Waals surface area contributed by atoms with Gasteiger partial charge in [-0.1, -0.05) is 0 Å². The molecule has 0 amide bonds. The third kappa shape index (κ3) is 3.35. The predicted molar refractivity (Wildman–Crippen MR) is 65.7 cm³/mol. The minimum absolute atomic E-state index is 0.0545. The SMILES string of the molecule is N#CCN(CC#N)c1cc(N)cc(S(N)(=O)=O)c1. The Labute approximate surface area is 105 Å². The van der Waals surface area contributed by atoms with E-state index >= 15 is 0 Å². The summed E-state index contributed by atoms with van der Waals surface area (Å²) in [5.74, 6) is 0. The Hall–Kier alpha value is -2.29. The van der Waals surface area contributed by atoms with Crippen molar-refractivity contribution in [1.29, 1.82) is 10.5 Å². The molecule has 94 valence electrons. The highest BCUT2D eigenvalue weighted by Crippen LogP contribution is 2.22. The van der Waals surface area contributed by atoms with Crippen LogP contribution in [0.15, 0.2) is 23.1 Å². The van der Waals surface area contributed by atoms with Gasteiger partial charge in [0.2, 0.25) is 10.0 Å². The minimum atomic E-state index is -3.88. The number of nitrogen functional groups attached to an aromatic ring is 1. The minimum Gasteiger partial charge on any atom is -0.399 e. The fourth-order valence-electron chi connectivity index (χ4n) is 1.36. The Bertz CT molecular complexity index is 611. The molecule has 18 heavy (non-hydrogen) atoms. The molecule has 1 aromatic rings. The fraction of sp³-hybridized carbons (Fsp3) is 0.200. The Morgan fingerprint density at radius 3 is 2.17 bits per heavy atom. The summed E-state index contributed by atoms with van der Waals surface area (Å²) in [5.41, 5.74) is 6.13. The quantitative estimate of drug-likeness (QED) is 0.569. The maximum atomic E-state index is 11.2. The van der Waals surface area contributed by atoms with Gasteiger partial charge in [0.05, 0.1) is 17.0 Å². The molecule has 0 aliphatic rings. The number of primary sulfonamides is 1. The Morgan fingerprint density at radius 1 is 1.17 bits per heavy atom. The van der Waals surface area contributed by atoms with Gasteiger partial charge in [-0.25, -0.2) is 13.6 Å². The lowest BCUT2D eigenvalue weighted by Gasteiger charge is -2.19. The molecule has 1 aromatic carbocycles. The van der Waals surface area contributed by atoms with Gasteiger partial charge in [0.15, 0.2) is 0 Å². The summed E-state index contributed by atoms with van der Waals surface area (Å²) >= 11 is 0. The summed E-state index contributed by atoms with van der Waals surface area (Å²) in [5, 5.41) is 22.3. The molecule has 0 atom stereocenters. The maximum absolute atomic E-state index is 11.2. The van der Waals surface area contributed by atoms with Gasteiger partial charge < -0.3 is 10.6 Å². The van der Waals surface area contributed by atoms with Gasteiger partial charge in [-0.05, 0) is 18.2 Å². The summed E-state index contributed by atoms with van der Waals surface area (Å²) < 4.78 is 22.5. The predicted octanol–water partition coefficient (Wildman–Crippen LogP) is -0.230. The number of sulfonamides is 1. The first-order valence-electron chi connectivity index (χ1n) is 4.80. The molecule has 0 fully saturated rings. The van der Waals surface area contributed by atoms with Gasteiger partial charge >= 0.3 is 0 Å². The van der Waals surface area contributed by atoms with E-state index in [2.05, 4.69) is 0 Å². The van der Waals surface area contributed by atoms with E-state index in [1.165, 1.54) is 23.1 Å². The molecule has 0 spiro atoms. The molecule has 0 unspecified atom stereocenters. The average molecular weight is 265 g/mol. The van der Waals surface area contributed by atoms with Crippen LogP contribution < -0.4 is 15.8 Å². The zero-order valence-corrected chi connectivity index (χ0v) is 10.2. The van der Waals surface area contributed by atoms with Crippen molar-refractivity contribution in [3.8, 4) is 12.1 Å². The van der Waals surface area contributed by atoms with Crippen molar-refractivity contribution < 1.29 is 8.42 Å². The standard InChI is InChI=1S/C10H11N5O2S/c11-1-3-15(4-2-12)9-5-8(13)6-10(7-9)18(14,16)17/h5-7H,3-4,13H2,(H2,14,16,17). The van der Waals surface area contributed by atoms with Crippen molar-refractivity contribution in [3.05, 3.63) is 18.2 Å².